The highest BCUT2D eigenvalue weighted by atomic mass is 16.5. The van der Waals surface area contributed by atoms with Crippen molar-refractivity contribution in [1.82, 2.24) is 0 Å². The number of ether oxygens (including phenoxy) is 2. The van der Waals surface area contributed by atoms with E-state index in [0.29, 0.717) is 23.7 Å². The molecule has 3 rings (SSSR count). The van der Waals surface area contributed by atoms with E-state index >= 15 is 0 Å². The van der Waals surface area contributed by atoms with Gasteiger partial charge in [-0.3, -0.25) is 4.79 Å². The van der Waals surface area contributed by atoms with Gasteiger partial charge < -0.3 is 29.0 Å². The Morgan fingerprint density at radius 3 is 2.54 bits per heavy atom. The van der Waals surface area contributed by atoms with Gasteiger partial charge in [0.1, 0.15) is 44.2 Å². The molecule has 26 heavy (non-hydrogen) atoms. The maximum absolute atomic E-state index is 12.4. The molecule has 0 spiro atoms. The van der Waals surface area contributed by atoms with Gasteiger partial charge in [0.25, 0.3) is 5.91 Å². The fraction of sp³-hybridized carbons (Fsp3) is 0.421. The van der Waals surface area contributed by atoms with Gasteiger partial charge in [0.05, 0.1) is 26.2 Å². The normalized spacial score (nSPS) is 19.8. The molecule has 2 aromatic rings. The molecule has 0 saturated carbocycles. The van der Waals surface area contributed by atoms with Gasteiger partial charge in [-0.1, -0.05) is 0 Å². The van der Waals surface area contributed by atoms with Crippen molar-refractivity contribution in [2.24, 2.45) is 0 Å². The van der Waals surface area contributed by atoms with E-state index in [9.17, 15) is 4.79 Å². The SMILES string of the molecule is COc1ccc(NC(=O)C[NH+]2CC[NH+](Cc3ccco3)CC2)c(OC)c1. The summed E-state index contributed by atoms with van der Waals surface area (Å²) in [6.45, 7) is 5.40. The third-order valence-corrected chi connectivity index (χ3v) is 4.76. The van der Waals surface area contributed by atoms with Crippen molar-refractivity contribution < 1.29 is 28.5 Å². The largest absolute Gasteiger partial charge is 0.497 e. The summed E-state index contributed by atoms with van der Waals surface area (Å²) in [5, 5.41) is 2.95. The van der Waals surface area contributed by atoms with Gasteiger partial charge in [-0.25, -0.2) is 0 Å². The van der Waals surface area contributed by atoms with Gasteiger partial charge in [0.15, 0.2) is 12.3 Å². The highest BCUT2D eigenvalue weighted by Gasteiger charge is 2.25. The number of hydrogen-bond acceptors (Lipinski definition) is 4. The maximum atomic E-state index is 12.4. The number of rotatable bonds is 7. The molecule has 3 N–H and O–H groups in total. The van der Waals surface area contributed by atoms with E-state index in [0.717, 1.165) is 38.5 Å². The number of carbonyl (C=O) groups is 1. The standard InChI is InChI=1S/C19H25N3O4/c1-24-15-5-6-17(18(12-15)25-2)20-19(23)14-22-9-7-21(8-10-22)13-16-4-3-11-26-16/h3-6,11-12H,7-10,13-14H2,1-2H3,(H,20,23)/p+2. The Kier molecular flexibility index (Phi) is 6.14. The first-order valence-corrected chi connectivity index (χ1v) is 8.89. The molecule has 1 aromatic heterocycles. The molecule has 0 bridgehead atoms. The number of piperazine rings is 1. The van der Waals surface area contributed by atoms with Gasteiger partial charge in [-0.2, -0.15) is 0 Å². The molecule has 1 aliphatic heterocycles. The molecule has 140 valence electrons. The first kappa shape index (κ1) is 18.3. The minimum Gasteiger partial charge on any atom is -0.497 e. The van der Waals surface area contributed by atoms with Gasteiger partial charge >= 0.3 is 0 Å². The number of benzene rings is 1. The van der Waals surface area contributed by atoms with Crippen molar-refractivity contribution in [2.45, 2.75) is 6.54 Å². The third kappa shape index (κ3) is 4.77. The van der Waals surface area contributed by atoms with Crippen LogP contribution in [0.5, 0.6) is 11.5 Å². The number of nitrogens with one attached hydrogen (secondary N) is 3. The average Bonchev–Trinajstić information content (AvgIpc) is 3.16. The Bertz CT molecular complexity index is 710. The predicted molar refractivity (Wildman–Crippen MR) is 96.8 cm³/mol. The zero-order valence-electron chi connectivity index (χ0n) is 15.3. The predicted octanol–water partition coefficient (Wildman–Crippen LogP) is -0.781. The van der Waals surface area contributed by atoms with Crippen LogP contribution in [0.2, 0.25) is 0 Å². The first-order chi connectivity index (χ1) is 12.7. The number of amides is 1. The minimum absolute atomic E-state index is 0.00190. The van der Waals surface area contributed by atoms with Crippen molar-refractivity contribution in [1.29, 1.82) is 0 Å². The number of methoxy groups -OCH3 is 2. The summed E-state index contributed by atoms with van der Waals surface area (Å²) in [6.07, 6.45) is 1.72. The fourth-order valence-corrected chi connectivity index (χ4v) is 3.29. The van der Waals surface area contributed by atoms with Crippen LogP contribution in [0.1, 0.15) is 5.76 Å². The van der Waals surface area contributed by atoms with Gasteiger partial charge in [0.2, 0.25) is 0 Å². The Morgan fingerprint density at radius 1 is 1.12 bits per heavy atom. The van der Waals surface area contributed by atoms with Crippen molar-refractivity contribution >= 4 is 11.6 Å². The lowest BCUT2D eigenvalue weighted by Gasteiger charge is -2.28. The van der Waals surface area contributed by atoms with Crippen molar-refractivity contribution in [3.05, 3.63) is 42.4 Å². The highest BCUT2D eigenvalue weighted by molar-refractivity contribution is 5.93. The van der Waals surface area contributed by atoms with Crippen LogP contribution in [-0.4, -0.2) is 52.9 Å². The highest BCUT2D eigenvalue weighted by Crippen LogP contribution is 2.28. The molecule has 1 fully saturated rings. The lowest BCUT2D eigenvalue weighted by molar-refractivity contribution is -1.02. The zero-order chi connectivity index (χ0) is 18.4. The van der Waals surface area contributed by atoms with Crippen LogP contribution in [0, 0.1) is 0 Å². The lowest BCUT2D eigenvalue weighted by Crippen LogP contribution is -3.28. The Morgan fingerprint density at radius 2 is 1.88 bits per heavy atom. The quantitative estimate of drug-likeness (QED) is 0.605. The molecule has 0 aliphatic carbocycles. The van der Waals surface area contributed by atoms with E-state index < -0.39 is 0 Å². The molecule has 2 heterocycles. The summed E-state index contributed by atoms with van der Waals surface area (Å²) in [6, 6.07) is 9.31. The number of furan rings is 1. The molecule has 1 amide bonds. The van der Waals surface area contributed by atoms with Crippen molar-refractivity contribution in [3.8, 4) is 11.5 Å². The third-order valence-electron chi connectivity index (χ3n) is 4.76. The van der Waals surface area contributed by atoms with Crippen LogP contribution in [0.3, 0.4) is 0 Å². The summed E-state index contributed by atoms with van der Waals surface area (Å²) in [5.41, 5.74) is 0.666. The Balaban J connectivity index is 1.47. The van der Waals surface area contributed by atoms with Crippen LogP contribution in [0.15, 0.2) is 41.0 Å². The molecule has 7 nitrogen and oxygen atoms in total. The van der Waals surface area contributed by atoms with Gasteiger partial charge in [-0.15, -0.1) is 0 Å². The fourth-order valence-electron chi connectivity index (χ4n) is 3.29. The van der Waals surface area contributed by atoms with Crippen molar-refractivity contribution in [3.63, 3.8) is 0 Å². The van der Waals surface area contributed by atoms with Crippen LogP contribution in [-0.2, 0) is 11.3 Å². The van der Waals surface area contributed by atoms with E-state index in [2.05, 4.69) is 5.32 Å². The molecule has 0 unspecified atom stereocenters. The van der Waals surface area contributed by atoms with Gasteiger partial charge in [0, 0.05) is 6.07 Å². The van der Waals surface area contributed by atoms with Gasteiger partial charge in [-0.05, 0) is 24.3 Å². The Labute approximate surface area is 153 Å². The second-order valence-electron chi connectivity index (χ2n) is 6.55. The van der Waals surface area contributed by atoms with Crippen molar-refractivity contribution in [2.75, 3.05) is 52.3 Å². The molecular weight excluding hydrogens is 334 g/mol. The van der Waals surface area contributed by atoms with E-state index in [1.807, 2.05) is 18.2 Å². The smallest absolute Gasteiger partial charge is 0.279 e. The Hall–Kier alpha value is -2.51. The molecule has 1 aromatic carbocycles. The zero-order valence-corrected chi connectivity index (χ0v) is 15.3. The lowest BCUT2D eigenvalue weighted by atomic mass is 10.2. The number of hydrogen-bond donors (Lipinski definition) is 3. The molecular formula is C19H27N3O4+2. The second kappa shape index (κ2) is 8.73. The van der Waals surface area contributed by atoms with E-state index in [1.54, 1.807) is 32.6 Å². The number of quaternary nitrogens is 2. The van der Waals surface area contributed by atoms with Crippen LogP contribution in [0.25, 0.3) is 0 Å². The van der Waals surface area contributed by atoms with E-state index in [1.165, 1.54) is 9.80 Å². The van der Waals surface area contributed by atoms with Crippen LogP contribution < -0.4 is 24.6 Å². The summed E-state index contributed by atoms with van der Waals surface area (Å²) in [7, 11) is 3.18. The van der Waals surface area contributed by atoms with E-state index in [-0.39, 0.29) is 5.91 Å². The monoisotopic (exact) mass is 361 g/mol. The first-order valence-electron chi connectivity index (χ1n) is 8.89. The summed E-state index contributed by atoms with van der Waals surface area (Å²) >= 11 is 0. The molecule has 0 atom stereocenters. The van der Waals surface area contributed by atoms with E-state index in [4.69, 9.17) is 13.9 Å². The number of carbonyl (C=O) groups excluding carboxylic acids is 1. The van der Waals surface area contributed by atoms with Crippen LogP contribution in [0.4, 0.5) is 5.69 Å². The topological polar surface area (TPSA) is 69.6 Å². The summed E-state index contributed by atoms with van der Waals surface area (Å²) in [5.74, 6) is 2.31. The van der Waals surface area contributed by atoms with Crippen LogP contribution >= 0.6 is 0 Å². The minimum atomic E-state index is -0.00190. The summed E-state index contributed by atoms with van der Waals surface area (Å²) < 4.78 is 15.9. The molecule has 7 heteroatoms. The molecule has 1 aliphatic rings. The average molecular weight is 361 g/mol. The molecule has 1 saturated heterocycles. The maximum Gasteiger partial charge on any atom is 0.279 e. The number of anilines is 1. The second-order valence-corrected chi connectivity index (χ2v) is 6.55. The molecule has 0 radical (unpaired) electrons. The summed E-state index contributed by atoms with van der Waals surface area (Å²) in [4.78, 5) is 15.2.